The predicted molar refractivity (Wildman–Crippen MR) is 173 cm³/mol. The lowest BCUT2D eigenvalue weighted by molar-refractivity contribution is -0.274. The lowest BCUT2D eigenvalue weighted by atomic mass is 9.95. The fraction of sp³-hybridized carbons (Fsp3) is 0.273. The molecule has 2 heterocycles. The fourth-order valence-electron chi connectivity index (χ4n) is 5.24. The van der Waals surface area contributed by atoms with Gasteiger partial charge in [0.2, 0.25) is 5.95 Å². The highest BCUT2D eigenvalue weighted by atomic mass is 32.2. The van der Waals surface area contributed by atoms with Gasteiger partial charge in [-0.1, -0.05) is 62.0 Å². The van der Waals surface area contributed by atoms with Crippen molar-refractivity contribution in [1.82, 2.24) is 20.1 Å². The minimum atomic E-state index is -4.81. The van der Waals surface area contributed by atoms with Gasteiger partial charge in [-0.15, -0.1) is 18.3 Å². The van der Waals surface area contributed by atoms with E-state index in [9.17, 15) is 22.4 Å². The van der Waals surface area contributed by atoms with Crippen molar-refractivity contribution in [1.29, 1.82) is 0 Å². The number of rotatable bonds is 7. The van der Waals surface area contributed by atoms with E-state index in [1.54, 1.807) is 0 Å². The van der Waals surface area contributed by atoms with Gasteiger partial charge < -0.3 is 9.64 Å². The molecule has 1 aliphatic heterocycles. The third kappa shape index (κ3) is 7.99. The summed E-state index contributed by atoms with van der Waals surface area (Å²) in [6.07, 6.45) is -2.59. The highest BCUT2D eigenvalue weighted by molar-refractivity contribution is 8.14. The van der Waals surface area contributed by atoms with Crippen LogP contribution in [0.3, 0.4) is 0 Å². The van der Waals surface area contributed by atoms with Crippen molar-refractivity contribution < 1.29 is 31.5 Å². The number of anilines is 1. The average Bonchev–Trinajstić information content (AvgIpc) is 3.50. The molecule has 8 nitrogen and oxygen atoms in total. The Kier molecular flexibility index (Phi) is 9.99. The number of alkyl halides is 3. The molecule has 1 N–H and O–H groups in total. The standard InChI is InChI=1S/C33H31F5N6O2S/c1-19(2)27-20(3)6-5-7-26(27)44-21(4)16-17-47-32(44)41-31(45)40-29(35)28(34)22-8-10-23(11-9-22)30-39-18-43(42-30)24-12-14-25(15-13-24)46-33(36,37)38/h5-15,18-19,21H,16-17H2,1-4H3,(H,40,45)/b29-28-,41-32?. The van der Waals surface area contributed by atoms with Gasteiger partial charge in [0.15, 0.2) is 16.8 Å². The van der Waals surface area contributed by atoms with Crippen LogP contribution in [0.15, 0.2) is 84.0 Å². The molecule has 14 heteroatoms. The number of nitrogens with zero attached hydrogens (tertiary/aromatic N) is 5. The first-order chi connectivity index (χ1) is 22.3. The second-order valence-electron chi connectivity index (χ2n) is 11.1. The van der Waals surface area contributed by atoms with Crippen molar-refractivity contribution in [3.63, 3.8) is 0 Å². The molecule has 0 saturated carbocycles. The molecule has 1 unspecified atom stereocenters. The SMILES string of the molecule is Cc1cccc(N2C(=NC(=O)N/C(F)=C(\F)c3ccc(-c4ncn(-c5ccc(OC(F)(F)F)cc5)n4)cc3)SCCC2C)c1C(C)C. The van der Waals surface area contributed by atoms with Gasteiger partial charge in [-0.05, 0) is 67.6 Å². The molecule has 1 saturated heterocycles. The van der Waals surface area contributed by atoms with Crippen molar-refractivity contribution in [2.24, 2.45) is 4.99 Å². The minimum absolute atomic E-state index is 0.0389. The predicted octanol–water partition coefficient (Wildman–Crippen LogP) is 8.93. The molecule has 3 aromatic carbocycles. The zero-order chi connectivity index (χ0) is 33.9. The van der Waals surface area contributed by atoms with Gasteiger partial charge in [0, 0.05) is 28.6 Å². The Labute approximate surface area is 272 Å². The summed E-state index contributed by atoms with van der Waals surface area (Å²) < 4.78 is 72.5. The number of aryl methyl sites for hydroxylation is 1. The molecular formula is C33H31F5N6O2S. The van der Waals surface area contributed by atoms with Crippen LogP contribution in [0.1, 0.15) is 49.8 Å². The van der Waals surface area contributed by atoms with Crippen molar-refractivity contribution >= 4 is 34.5 Å². The largest absolute Gasteiger partial charge is 0.573 e. The molecule has 2 amide bonds. The maximum atomic E-state index is 15.1. The lowest BCUT2D eigenvalue weighted by Crippen LogP contribution is -2.42. The van der Waals surface area contributed by atoms with Crippen molar-refractivity contribution in [3.8, 4) is 22.8 Å². The summed E-state index contributed by atoms with van der Waals surface area (Å²) in [4.78, 5) is 23.1. The first kappa shape index (κ1) is 33.6. The van der Waals surface area contributed by atoms with Crippen LogP contribution in [0.2, 0.25) is 0 Å². The van der Waals surface area contributed by atoms with Crippen LogP contribution in [0.4, 0.5) is 32.4 Å². The molecule has 0 spiro atoms. The summed E-state index contributed by atoms with van der Waals surface area (Å²) in [5.74, 6) is -1.97. The second kappa shape index (κ2) is 14.0. The van der Waals surface area contributed by atoms with Gasteiger partial charge in [-0.3, -0.25) is 5.32 Å². The highest BCUT2D eigenvalue weighted by Crippen LogP contribution is 2.36. The van der Waals surface area contributed by atoms with E-state index in [0.29, 0.717) is 16.4 Å². The number of benzene rings is 3. The van der Waals surface area contributed by atoms with Crippen LogP contribution in [-0.2, 0) is 0 Å². The number of carbonyl (C=O) groups excluding carboxylic acids is 1. The smallest absolute Gasteiger partial charge is 0.406 e. The van der Waals surface area contributed by atoms with E-state index >= 15 is 4.39 Å². The summed E-state index contributed by atoms with van der Waals surface area (Å²) in [5.41, 5.74) is 3.93. The molecule has 246 valence electrons. The number of carbonyl (C=O) groups is 1. The summed E-state index contributed by atoms with van der Waals surface area (Å²) >= 11 is 1.38. The molecule has 0 bridgehead atoms. The normalized spacial score (nSPS) is 16.8. The topological polar surface area (TPSA) is 84.6 Å². The summed E-state index contributed by atoms with van der Waals surface area (Å²) in [7, 11) is 0. The maximum absolute atomic E-state index is 15.1. The zero-order valence-electron chi connectivity index (χ0n) is 25.8. The molecule has 1 aromatic heterocycles. The fourth-order valence-corrected chi connectivity index (χ4v) is 6.44. The van der Waals surface area contributed by atoms with Crippen LogP contribution < -0.4 is 15.0 Å². The zero-order valence-corrected chi connectivity index (χ0v) is 26.7. The molecule has 0 radical (unpaired) electrons. The van der Waals surface area contributed by atoms with E-state index in [-0.39, 0.29) is 29.1 Å². The van der Waals surface area contributed by atoms with E-state index in [4.69, 9.17) is 0 Å². The van der Waals surface area contributed by atoms with Gasteiger partial charge in [0.05, 0.1) is 5.69 Å². The molecule has 0 aliphatic carbocycles. The first-order valence-corrected chi connectivity index (χ1v) is 15.6. The van der Waals surface area contributed by atoms with Gasteiger partial charge >= 0.3 is 12.4 Å². The van der Waals surface area contributed by atoms with Crippen molar-refractivity contribution in [3.05, 3.63) is 95.7 Å². The molecular weight excluding hydrogens is 639 g/mol. The van der Waals surface area contributed by atoms with E-state index < -0.39 is 24.2 Å². The Hall–Kier alpha value is -4.72. The monoisotopic (exact) mass is 670 g/mol. The van der Waals surface area contributed by atoms with Crippen LogP contribution in [0.25, 0.3) is 22.9 Å². The number of amidine groups is 1. The molecule has 4 aromatic rings. The molecule has 1 atom stereocenters. The Morgan fingerprint density at radius 1 is 1.06 bits per heavy atom. The van der Waals surface area contributed by atoms with Crippen molar-refractivity contribution in [2.75, 3.05) is 10.7 Å². The van der Waals surface area contributed by atoms with Gasteiger partial charge in [-0.25, -0.2) is 18.9 Å². The Morgan fingerprint density at radius 3 is 2.43 bits per heavy atom. The first-order valence-electron chi connectivity index (χ1n) is 14.7. The summed E-state index contributed by atoms with van der Waals surface area (Å²) in [6, 6.07) is 15.5. The summed E-state index contributed by atoms with van der Waals surface area (Å²) in [5, 5.41) is 6.62. The van der Waals surface area contributed by atoms with Crippen molar-refractivity contribution in [2.45, 2.75) is 52.4 Å². The number of hydrogen-bond donors (Lipinski definition) is 1. The number of nitrogens with one attached hydrogen (secondary N) is 1. The number of aromatic nitrogens is 3. The number of urea groups is 1. The molecule has 5 rings (SSSR count). The van der Waals surface area contributed by atoms with E-state index in [1.165, 1.54) is 59.2 Å². The third-order valence-electron chi connectivity index (χ3n) is 7.38. The third-order valence-corrected chi connectivity index (χ3v) is 8.37. The maximum Gasteiger partial charge on any atom is 0.573 e. The van der Waals surface area contributed by atoms with Gasteiger partial charge in [-0.2, -0.15) is 9.38 Å². The molecule has 1 fully saturated rings. The van der Waals surface area contributed by atoms with Crippen LogP contribution in [-0.4, -0.2) is 44.1 Å². The second-order valence-corrected chi connectivity index (χ2v) is 12.2. The van der Waals surface area contributed by atoms with E-state index in [0.717, 1.165) is 41.1 Å². The Balaban J connectivity index is 1.29. The number of hydrogen-bond acceptors (Lipinski definition) is 5. The summed E-state index contributed by atoms with van der Waals surface area (Å²) in [6.45, 7) is 8.26. The lowest BCUT2D eigenvalue weighted by Gasteiger charge is -2.37. The highest BCUT2D eigenvalue weighted by Gasteiger charge is 2.31. The average molecular weight is 671 g/mol. The quantitative estimate of drug-likeness (QED) is 0.156. The van der Waals surface area contributed by atoms with Crippen LogP contribution in [0.5, 0.6) is 5.75 Å². The minimum Gasteiger partial charge on any atom is -0.406 e. The number of ether oxygens (including phenoxy) is 1. The number of aliphatic imine (C=N–C) groups is 1. The number of thioether (sulfide) groups is 1. The number of amides is 2. The van der Waals surface area contributed by atoms with Crippen LogP contribution >= 0.6 is 11.8 Å². The van der Waals surface area contributed by atoms with E-state index in [2.05, 4.69) is 33.7 Å². The van der Waals surface area contributed by atoms with Gasteiger partial charge in [0.1, 0.15) is 12.1 Å². The Morgan fingerprint density at radius 2 is 1.77 bits per heavy atom. The molecule has 47 heavy (non-hydrogen) atoms. The number of halogens is 5. The Bertz CT molecular complexity index is 1800. The molecule has 1 aliphatic rings. The van der Waals surface area contributed by atoms with Crippen LogP contribution in [0, 0.1) is 6.92 Å². The van der Waals surface area contributed by atoms with Gasteiger partial charge in [0.25, 0.3) is 0 Å². The van der Waals surface area contributed by atoms with E-state index in [1.807, 2.05) is 42.3 Å².